The van der Waals surface area contributed by atoms with E-state index >= 15 is 0 Å². The second kappa shape index (κ2) is 7.67. The van der Waals surface area contributed by atoms with Crippen LogP contribution in [0.25, 0.3) is 10.8 Å². The van der Waals surface area contributed by atoms with Crippen LogP contribution < -0.4 is 9.46 Å². The van der Waals surface area contributed by atoms with Gasteiger partial charge in [-0.05, 0) is 30.7 Å². The number of carbonyl (C=O) groups is 1. The molecule has 7 heteroatoms. The number of para-hydroxylation sites is 1. The third-order valence-corrected chi connectivity index (χ3v) is 5.42. The van der Waals surface area contributed by atoms with Crippen molar-refractivity contribution in [2.75, 3.05) is 11.3 Å². The molecule has 2 N–H and O–H groups in total. The van der Waals surface area contributed by atoms with Crippen LogP contribution in [-0.2, 0) is 10.0 Å². The predicted octanol–water partition coefficient (Wildman–Crippen LogP) is 4.13. The molecule has 140 valence electrons. The highest BCUT2D eigenvalue weighted by Crippen LogP contribution is 2.32. The molecule has 0 atom stereocenters. The molecule has 0 aliphatic heterocycles. The maximum atomic E-state index is 13.0. The Morgan fingerprint density at radius 3 is 2.37 bits per heavy atom. The second-order valence-corrected chi connectivity index (χ2v) is 7.56. The normalized spacial score (nSPS) is 11.3. The van der Waals surface area contributed by atoms with Crippen molar-refractivity contribution in [1.82, 2.24) is 0 Å². The average molecular weight is 385 g/mol. The molecule has 3 aromatic rings. The SMILES string of the molecule is CCCOc1ccc(S(=O)(=O)Nc2ccccc2C(=O)O)c2ccccc12. The molecule has 0 aliphatic carbocycles. The molecule has 27 heavy (non-hydrogen) atoms. The van der Waals surface area contributed by atoms with Crippen LogP contribution in [-0.4, -0.2) is 26.1 Å². The summed E-state index contributed by atoms with van der Waals surface area (Å²) in [5.41, 5.74) is -0.103. The minimum Gasteiger partial charge on any atom is -0.493 e. The van der Waals surface area contributed by atoms with E-state index < -0.39 is 16.0 Å². The second-order valence-electron chi connectivity index (χ2n) is 5.91. The van der Waals surface area contributed by atoms with Gasteiger partial charge in [0.05, 0.1) is 22.8 Å². The molecule has 0 saturated carbocycles. The van der Waals surface area contributed by atoms with E-state index in [0.29, 0.717) is 23.1 Å². The summed E-state index contributed by atoms with van der Waals surface area (Å²) in [6.07, 6.45) is 0.835. The van der Waals surface area contributed by atoms with Crippen LogP contribution >= 0.6 is 0 Å². The minimum absolute atomic E-state index is 0.0143. The zero-order chi connectivity index (χ0) is 19.4. The van der Waals surface area contributed by atoms with Gasteiger partial charge in [-0.2, -0.15) is 0 Å². The summed E-state index contributed by atoms with van der Waals surface area (Å²) >= 11 is 0. The number of benzene rings is 3. The van der Waals surface area contributed by atoms with Gasteiger partial charge in [0.1, 0.15) is 5.75 Å². The number of aromatic carboxylic acids is 1. The van der Waals surface area contributed by atoms with Crippen molar-refractivity contribution in [1.29, 1.82) is 0 Å². The maximum absolute atomic E-state index is 13.0. The molecule has 0 bridgehead atoms. The molecule has 0 unspecified atom stereocenters. The smallest absolute Gasteiger partial charge is 0.337 e. The van der Waals surface area contributed by atoms with Gasteiger partial charge < -0.3 is 9.84 Å². The van der Waals surface area contributed by atoms with Gasteiger partial charge in [-0.1, -0.05) is 43.3 Å². The summed E-state index contributed by atoms with van der Waals surface area (Å²) in [5, 5.41) is 10.5. The average Bonchev–Trinajstić information content (AvgIpc) is 2.65. The van der Waals surface area contributed by atoms with Gasteiger partial charge in [0.2, 0.25) is 0 Å². The van der Waals surface area contributed by atoms with Gasteiger partial charge in [0.25, 0.3) is 10.0 Å². The molecule has 0 amide bonds. The summed E-state index contributed by atoms with van der Waals surface area (Å²) in [4.78, 5) is 11.4. The number of hydrogen-bond donors (Lipinski definition) is 2. The molecule has 0 aliphatic rings. The highest BCUT2D eigenvalue weighted by atomic mass is 32.2. The van der Waals surface area contributed by atoms with Gasteiger partial charge in [-0.25, -0.2) is 13.2 Å². The summed E-state index contributed by atoms with van der Waals surface area (Å²) in [6, 6.07) is 16.0. The maximum Gasteiger partial charge on any atom is 0.337 e. The standard InChI is InChI=1S/C20H19NO5S/c1-2-13-26-18-11-12-19(15-8-4-3-7-14(15)18)27(24,25)21-17-10-6-5-9-16(17)20(22)23/h3-12,21H,2,13H2,1H3,(H,22,23). The molecule has 3 rings (SSSR count). The zero-order valence-electron chi connectivity index (χ0n) is 14.7. The lowest BCUT2D eigenvalue weighted by Crippen LogP contribution is -2.16. The Bertz CT molecular complexity index is 1090. The first-order valence-electron chi connectivity index (χ1n) is 8.43. The van der Waals surface area contributed by atoms with E-state index in [4.69, 9.17) is 4.74 Å². The fourth-order valence-corrected chi connectivity index (χ4v) is 4.07. The van der Waals surface area contributed by atoms with Crippen LogP contribution in [0.15, 0.2) is 65.6 Å². The number of sulfonamides is 1. The first-order chi connectivity index (χ1) is 12.9. The Balaban J connectivity index is 2.08. The van der Waals surface area contributed by atoms with Gasteiger partial charge >= 0.3 is 5.97 Å². The van der Waals surface area contributed by atoms with Crippen LogP contribution in [0.5, 0.6) is 5.75 Å². The molecule has 0 saturated heterocycles. The lowest BCUT2D eigenvalue weighted by molar-refractivity contribution is 0.0698. The van der Waals surface area contributed by atoms with E-state index in [1.165, 1.54) is 24.3 Å². The molecular weight excluding hydrogens is 366 g/mol. The number of rotatable bonds is 7. The van der Waals surface area contributed by atoms with Crippen molar-refractivity contribution >= 4 is 32.5 Å². The topological polar surface area (TPSA) is 92.7 Å². The fraction of sp³-hybridized carbons (Fsp3) is 0.150. The fourth-order valence-electron chi connectivity index (χ4n) is 2.77. The molecule has 0 spiro atoms. The number of nitrogens with one attached hydrogen (secondary N) is 1. The zero-order valence-corrected chi connectivity index (χ0v) is 15.5. The minimum atomic E-state index is -4.00. The van der Waals surface area contributed by atoms with E-state index in [1.807, 2.05) is 13.0 Å². The van der Waals surface area contributed by atoms with Crippen LogP contribution in [0.4, 0.5) is 5.69 Å². The number of anilines is 1. The molecule has 3 aromatic carbocycles. The first-order valence-corrected chi connectivity index (χ1v) is 9.92. The summed E-state index contributed by atoms with van der Waals surface area (Å²) in [7, 11) is -4.00. The summed E-state index contributed by atoms with van der Waals surface area (Å²) in [6.45, 7) is 2.52. The van der Waals surface area contributed by atoms with Crippen LogP contribution in [0, 0.1) is 0 Å². The monoisotopic (exact) mass is 385 g/mol. The van der Waals surface area contributed by atoms with Gasteiger partial charge in [-0.15, -0.1) is 0 Å². The summed E-state index contributed by atoms with van der Waals surface area (Å²) < 4.78 is 34.0. The Labute approximate surface area is 157 Å². The molecule has 6 nitrogen and oxygen atoms in total. The Kier molecular flexibility index (Phi) is 5.32. The van der Waals surface area contributed by atoms with Crippen molar-refractivity contribution in [3.63, 3.8) is 0 Å². The van der Waals surface area contributed by atoms with Crippen LogP contribution in [0.3, 0.4) is 0 Å². The van der Waals surface area contributed by atoms with Crippen molar-refractivity contribution < 1.29 is 23.1 Å². The number of hydrogen-bond acceptors (Lipinski definition) is 4. The largest absolute Gasteiger partial charge is 0.493 e. The van der Waals surface area contributed by atoms with E-state index in [9.17, 15) is 18.3 Å². The number of fused-ring (bicyclic) bond motifs is 1. The Morgan fingerprint density at radius 1 is 1.00 bits per heavy atom. The van der Waals surface area contributed by atoms with Crippen LogP contribution in [0.1, 0.15) is 23.7 Å². The quantitative estimate of drug-likeness (QED) is 0.638. The van der Waals surface area contributed by atoms with Gasteiger partial charge in [0, 0.05) is 10.8 Å². The van der Waals surface area contributed by atoms with E-state index in [1.54, 1.807) is 30.3 Å². The van der Waals surface area contributed by atoms with Gasteiger partial charge in [0.15, 0.2) is 0 Å². The third-order valence-electron chi connectivity index (χ3n) is 4.00. The number of carboxylic acids is 1. The first kappa shape index (κ1) is 18.7. The van der Waals surface area contributed by atoms with E-state index in [-0.39, 0.29) is 16.1 Å². The lowest BCUT2D eigenvalue weighted by Gasteiger charge is -2.14. The summed E-state index contributed by atoms with van der Waals surface area (Å²) in [5.74, 6) is -0.598. The predicted molar refractivity (Wildman–Crippen MR) is 104 cm³/mol. The lowest BCUT2D eigenvalue weighted by atomic mass is 10.1. The van der Waals surface area contributed by atoms with Gasteiger partial charge in [-0.3, -0.25) is 4.72 Å². The molecule has 0 fully saturated rings. The molecule has 0 aromatic heterocycles. The van der Waals surface area contributed by atoms with E-state index in [2.05, 4.69) is 4.72 Å². The number of ether oxygens (including phenoxy) is 1. The number of carboxylic acid groups (broad SMARTS) is 1. The van der Waals surface area contributed by atoms with Crippen LogP contribution in [0.2, 0.25) is 0 Å². The Hall–Kier alpha value is -3.06. The molecule has 0 radical (unpaired) electrons. The van der Waals surface area contributed by atoms with Crippen molar-refractivity contribution in [3.8, 4) is 5.75 Å². The van der Waals surface area contributed by atoms with E-state index in [0.717, 1.165) is 6.42 Å². The highest BCUT2D eigenvalue weighted by molar-refractivity contribution is 7.93. The third kappa shape index (κ3) is 3.88. The molecule has 0 heterocycles. The van der Waals surface area contributed by atoms with Crippen molar-refractivity contribution in [2.45, 2.75) is 18.2 Å². The van der Waals surface area contributed by atoms with Crippen molar-refractivity contribution in [2.24, 2.45) is 0 Å². The molecular formula is C20H19NO5S. The Morgan fingerprint density at radius 2 is 1.67 bits per heavy atom. The van der Waals surface area contributed by atoms with Crippen molar-refractivity contribution in [3.05, 3.63) is 66.2 Å². The highest BCUT2D eigenvalue weighted by Gasteiger charge is 2.21.